The Kier molecular flexibility index (Phi) is 5.20. The van der Waals surface area contributed by atoms with Gasteiger partial charge >= 0.3 is 0 Å². The molecule has 3 rings (SSSR count). The van der Waals surface area contributed by atoms with Crippen molar-refractivity contribution in [2.24, 2.45) is 5.92 Å². The van der Waals surface area contributed by atoms with Gasteiger partial charge in [-0.15, -0.1) is 11.3 Å². The zero-order valence-electron chi connectivity index (χ0n) is 13.5. The van der Waals surface area contributed by atoms with E-state index < -0.39 is 6.10 Å². The molecular formula is C18H23NO3S. The third kappa shape index (κ3) is 3.86. The zero-order chi connectivity index (χ0) is 16.2. The summed E-state index contributed by atoms with van der Waals surface area (Å²) in [6.07, 6.45) is 1.88. The Hall–Kier alpha value is -1.56. The second-order valence-electron chi connectivity index (χ2n) is 5.86. The van der Waals surface area contributed by atoms with Gasteiger partial charge < -0.3 is 19.9 Å². The monoisotopic (exact) mass is 333 g/mol. The molecule has 23 heavy (non-hydrogen) atoms. The molecule has 1 saturated carbocycles. The quantitative estimate of drug-likeness (QED) is 0.776. The summed E-state index contributed by atoms with van der Waals surface area (Å²) in [5, 5.41) is 16.2. The van der Waals surface area contributed by atoms with Crippen molar-refractivity contribution in [3.8, 4) is 11.5 Å². The lowest BCUT2D eigenvalue weighted by Crippen LogP contribution is -2.27. The van der Waals surface area contributed by atoms with Crippen molar-refractivity contribution in [3.63, 3.8) is 0 Å². The molecule has 0 saturated heterocycles. The van der Waals surface area contributed by atoms with Crippen LogP contribution in [-0.4, -0.2) is 25.9 Å². The number of hydrogen-bond acceptors (Lipinski definition) is 5. The predicted molar refractivity (Wildman–Crippen MR) is 92.3 cm³/mol. The number of rotatable bonds is 8. The van der Waals surface area contributed by atoms with Crippen LogP contribution in [0.4, 0.5) is 0 Å². The SMILES string of the molecule is COc1ccc(OC)c(C(O)CNC(c2cccs2)C2CC2)c1. The summed E-state index contributed by atoms with van der Waals surface area (Å²) >= 11 is 1.77. The van der Waals surface area contributed by atoms with Crippen LogP contribution in [0, 0.1) is 5.92 Å². The number of aliphatic hydroxyl groups excluding tert-OH is 1. The van der Waals surface area contributed by atoms with E-state index in [2.05, 4.69) is 22.8 Å². The highest BCUT2D eigenvalue weighted by atomic mass is 32.1. The Bertz CT molecular complexity index is 625. The van der Waals surface area contributed by atoms with Crippen LogP contribution in [0.15, 0.2) is 35.7 Å². The van der Waals surface area contributed by atoms with Crippen molar-refractivity contribution in [1.29, 1.82) is 0 Å². The fourth-order valence-electron chi connectivity index (χ4n) is 2.85. The lowest BCUT2D eigenvalue weighted by molar-refractivity contribution is 0.164. The molecule has 0 aliphatic heterocycles. The molecule has 2 atom stereocenters. The highest BCUT2D eigenvalue weighted by molar-refractivity contribution is 7.10. The first-order chi connectivity index (χ1) is 11.2. The summed E-state index contributed by atoms with van der Waals surface area (Å²) in [7, 11) is 3.24. The van der Waals surface area contributed by atoms with E-state index in [1.54, 1.807) is 25.6 Å². The molecule has 0 amide bonds. The van der Waals surface area contributed by atoms with Gasteiger partial charge in [0, 0.05) is 23.0 Å². The second-order valence-corrected chi connectivity index (χ2v) is 6.84. The van der Waals surface area contributed by atoms with Gasteiger partial charge in [-0.05, 0) is 48.4 Å². The van der Waals surface area contributed by atoms with Crippen molar-refractivity contribution in [3.05, 3.63) is 46.2 Å². The van der Waals surface area contributed by atoms with E-state index in [4.69, 9.17) is 9.47 Å². The molecule has 1 aromatic heterocycles. The van der Waals surface area contributed by atoms with Crippen LogP contribution in [0.2, 0.25) is 0 Å². The molecule has 1 aliphatic carbocycles. The van der Waals surface area contributed by atoms with Crippen LogP contribution in [0.25, 0.3) is 0 Å². The van der Waals surface area contributed by atoms with Crippen molar-refractivity contribution < 1.29 is 14.6 Å². The third-order valence-electron chi connectivity index (χ3n) is 4.27. The van der Waals surface area contributed by atoms with Crippen LogP contribution < -0.4 is 14.8 Å². The van der Waals surface area contributed by atoms with E-state index in [9.17, 15) is 5.11 Å². The summed E-state index contributed by atoms with van der Waals surface area (Å²) in [5.74, 6) is 2.09. The number of ether oxygens (including phenoxy) is 2. The molecule has 2 N–H and O–H groups in total. The zero-order valence-corrected chi connectivity index (χ0v) is 14.3. The summed E-state index contributed by atoms with van der Waals surface area (Å²) < 4.78 is 10.6. The van der Waals surface area contributed by atoms with Gasteiger partial charge in [0.05, 0.1) is 20.3 Å². The Morgan fingerprint density at radius 1 is 1.26 bits per heavy atom. The molecule has 5 heteroatoms. The summed E-state index contributed by atoms with van der Waals surface area (Å²) in [4.78, 5) is 1.34. The van der Waals surface area contributed by atoms with Gasteiger partial charge in [-0.2, -0.15) is 0 Å². The fourth-order valence-corrected chi connectivity index (χ4v) is 3.74. The minimum Gasteiger partial charge on any atom is -0.497 e. The molecule has 1 fully saturated rings. The smallest absolute Gasteiger partial charge is 0.124 e. The summed E-state index contributed by atoms with van der Waals surface area (Å²) in [6.45, 7) is 0.489. The second kappa shape index (κ2) is 7.34. The molecule has 1 heterocycles. The normalized spacial score (nSPS) is 16.8. The first kappa shape index (κ1) is 16.3. The Balaban J connectivity index is 1.70. The maximum atomic E-state index is 10.6. The van der Waals surface area contributed by atoms with E-state index in [0.29, 0.717) is 24.3 Å². The summed E-state index contributed by atoms with van der Waals surface area (Å²) in [5.41, 5.74) is 0.750. The van der Waals surface area contributed by atoms with E-state index in [0.717, 1.165) is 11.3 Å². The third-order valence-corrected chi connectivity index (χ3v) is 5.23. The minimum atomic E-state index is -0.638. The maximum absolute atomic E-state index is 10.6. The lowest BCUT2D eigenvalue weighted by atomic mass is 10.1. The number of thiophene rings is 1. The van der Waals surface area contributed by atoms with Gasteiger partial charge in [-0.25, -0.2) is 0 Å². The highest BCUT2D eigenvalue weighted by Gasteiger charge is 2.33. The number of nitrogens with one attached hydrogen (secondary N) is 1. The van der Waals surface area contributed by atoms with Gasteiger partial charge in [0.25, 0.3) is 0 Å². The maximum Gasteiger partial charge on any atom is 0.124 e. The molecule has 124 valence electrons. The van der Waals surface area contributed by atoms with Crippen molar-refractivity contribution in [2.75, 3.05) is 20.8 Å². The molecule has 2 unspecified atom stereocenters. The Morgan fingerprint density at radius 2 is 2.09 bits per heavy atom. The van der Waals surface area contributed by atoms with Gasteiger partial charge in [-0.3, -0.25) is 0 Å². The van der Waals surface area contributed by atoms with Crippen LogP contribution in [0.3, 0.4) is 0 Å². The fraction of sp³-hybridized carbons (Fsp3) is 0.444. The predicted octanol–water partition coefficient (Wildman–Crippen LogP) is 3.54. The van der Waals surface area contributed by atoms with Crippen LogP contribution in [-0.2, 0) is 0 Å². The van der Waals surface area contributed by atoms with Crippen LogP contribution in [0.1, 0.15) is 35.4 Å². The van der Waals surface area contributed by atoms with Gasteiger partial charge in [0.1, 0.15) is 11.5 Å². The van der Waals surface area contributed by atoms with Gasteiger partial charge in [-0.1, -0.05) is 6.07 Å². The molecule has 0 bridgehead atoms. The van der Waals surface area contributed by atoms with E-state index in [1.807, 2.05) is 18.2 Å². The molecule has 1 aromatic carbocycles. The number of benzene rings is 1. The average Bonchev–Trinajstić information content (AvgIpc) is 3.28. The first-order valence-electron chi connectivity index (χ1n) is 7.89. The Morgan fingerprint density at radius 3 is 2.70 bits per heavy atom. The molecule has 2 aromatic rings. The number of hydrogen-bond donors (Lipinski definition) is 2. The van der Waals surface area contributed by atoms with Crippen molar-refractivity contribution in [1.82, 2.24) is 5.32 Å². The van der Waals surface area contributed by atoms with E-state index >= 15 is 0 Å². The molecule has 0 spiro atoms. The van der Waals surface area contributed by atoms with E-state index in [1.165, 1.54) is 17.7 Å². The molecule has 4 nitrogen and oxygen atoms in total. The summed E-state index contributed by atoms with van der Waals surface area (Å²) in [6, 6.07) is 10.1. The van der Waals surface area contributed by atoms with Crippen LogP contribution >= 0.6 is 11.3 Å². The topological polar surface area (TPSA) is 50.7 Å². The minimum absolute atomic E-state index is 0.334. The number of methoxy groups -OCH3 is 2. The first-order valence-corrected chi connectivity index (χ1v) is 8.77. The lowest BCUT2D eigenvalue weighted by Gasteiger charge is -2.21. The highest BCUT2D eigenvalue weighted by Crippen LogP contribution is 2.42. The van der Waals surface area contributed by atoms with Gasteiger partial charge in [0.15, 0.2) is 0 Å². The molecule has 1 aliphatic rings. The van der Waals surface area contributed by atoms with Crippen molar-refractivity contribution >= 4 is 11.3 Å². The largest absolute Gasteiger partial charge is 0.497 e. The number of aliphatic hydroxyl groups is 1. The average molecular weight is 333 g/mol. The Labute approximate surface area is 141 Å². The van der Waals surface area contributed by atoms with E-state index in [-0.39, 0.29) is 0 Å². The molecular weight excluding hydrogens is 310 g/mol. The van der Waals surface area contributed by atoms with Crippen LogP contribution in [0.5, 0.6) is 11.5 Å². The van der Waals surface area contributed by atoms with Gasteiger partial charge in [0.2, 0.25) is 0 Å². The molecule has 0 radical (unpaired) electrons. The van der Waals surface area contributed by atoms with Crippen molar-refractivity contribution in [2.45, 2.75) is 25.0 Å². The standard InChI is InChI=1S/C18H23NO3S/c1-21-13-7-8-16(22-2)14(10-13)15(20)11-19-18(12-5-6-12)17-4-3-9-23-17/h3-4,7-10,12,15,18-20H,5-6,11H2,1-2H3.